The number of aliphatic hydroxyl groups excluding tert-OH is 1. The Morgan fingerprint density at radius 2 is 0.615 bits per heavy atom. The number of aliphatic hydroxyl groups is 1. The summed E-state index contributed by atoms with van der Waals surface area (Å²) in [5.74, 6) is 0. The molecule has 0 unspecified atom stereocenters. The van der Waals surface area contributed by atoms with Gasteiger partial charge in [-0.1, -0.05) is 60.8 Å². The van der Waals surface area contributed by atoms with Crippen LogP contribution in [0, 0.1) is 0 Å². The van der Waals surface area contributed by atoms with Gasteiger partial charge >= 0.3 is 0 Å². The van der Waals surface area contributed by atoms with Crippen molar-refractivity contribution in [2.45, 2.75) is 60.8 Å². The zero-order valence-electron chi connectivity index (χ0n) is 11.1. The molecule has 0 aromatic carbocycles. The van der Waals surface area contributed by atoms with Crippen molar-refractivity contribution in [3.63, 3.8) is 0 Å². The lowest BCUT2D eigenvalue weighted by Crippen LogP contribution is -1.69. The van der Waals surface area contributed by atoms with E-state index in [0.29, 0.717) is 0 Å². The molecular formula is C11H33NO. The molecule has 0 rings (SSSR count). The molecule has 0 bridgehead atoms. The Hall–Kier alpha value is -0.0800. The molecule has 2 nitrogen and oxygen atoms in total. The Balaban J connectivity index is -0.0000000208. The summed E-state index contributed by atoms with van der Waals surface area (Å²) in [6.07, 6.45) is 3.75. The summed E-state index contributed by atoms with van der Waals surface area (Å²) in [5, 5.41) is 7.00. The molecule has 0 aromatic rings. The van der Waals surface area contributed by atoms with Crippen LogP contribution in [-0.4, -0.2) is 19.3 Å². The van der Waals surface area contributed by atoms with E-state index < -0.39 is 0 Å². The van der Waals surface area contributed by atoms with Crippen LogP contribution in [-0.2, 0) is 0 Å². The van der Waals surface area contributed by atoms with Gasteiger partial charge < -0.3 is 10.8 Å². The number of hydrogen-bond acceptors (Lipinski definition) is 2. The molecule has 0 heterocycles. The highest BCUT2D eigenvalue weighted by Crippen LogP contribution is 1.56. The highest BCUT2D eigenvalue weighted by Gasteiger charge is 1.36. The van der Waals surface area contributed by atoms with E-state index in [0.717, 1.165) is 7.11 Å². The fourth-order valence-electron chi connectivity index (χ4n) is 0. The second-order valence-corrected chi connectivity index (χ2v) is 2.12. The van der Waals surface area contributed by atoms with Crippen molar-refractivity contribution in [2.75, 3.05) is 14.2 Å². The van der Waals surface area contributed by atoms with Crippen LogP contribution in [0.25, 0.3) is 0 Å². The minimum Gasteiger partial charge on any atom is -0.400 e. The molecule has 0 amide bonds. The van der Waals surface area contributed by atoms with Crippen LogP contribution in [0.3, 0.4) is 0 Å². The standard InChI is InChI=1S/3C3H8.CH5N.CH4O/c3*1-3-2;2*1-2/h3*3H2,1-2H3;2H2,1H3;2H,1H3. The number of rotatable bonds is 0. The molecule has 3 N–H and O–H groups in total. The third-order valence-electron chi connectivity index (χ3n) is 0. The van der Waals surface area contributed by atoms with Gasteiger partial charge in [-0.3, -0.25) is 0 Å². The van der Waals surface area contributed by atoms with Gasteiger partial charge in [0.05, 0.1) is 0 Å². The minimum atomic E-state index is 1.00. The summed E-state index contributed by atoms with van der Waals surface area (Å²) in [4.78, 5) is 0. The molecule has 2 heteroatoms. The maximum absolute atomic E-state index is 7.00. The average Bonchev–Trinajstić information content (AvgIpc) is 2.14. The van der Waals surface area contributed by atoms with Crippen molar-refractivity contribution in [3.8, 4) is 0 Å². The first kappa shape index (κ1) is 29.3. The van der Waals surface area contributed by atoms with Crippen LogP contribution in [0.1, 0.15) is 60.8 Å². The third-order valence-corrected chi connectivity index (χ3v) is 0. The Labute approximate surface area is 86.5 Å². The zero-order valence-corrected chi connectivity index (χ0v) is 11.1. The topological polar surface area (TPSA) is 46.2 Å². The van der Waals surface area contributed by atoms with Crippen LogP contribution in [0.4, 0.5) is 0 Å². The van der Waals surface area contributed by atoms with Crippen LogP contribution >= 0.6 is 0 Å². The summed E-state index contributed by atoms with van der Waals surface area (Å²) in [5.41, 5.74) is 4.50. The molecule has 0 aromatic heterocycles. The van der Waals surface area contributed by atoms with Crippen molar-refractivity contribution < 1.29 is 5.11 Å². The lowest BCUT2D eigenvalue weighted by Gasteiger charge is -1.48. The van der Waals surface area contributed by atoms with Crippen molar-refractivity contribution >= 4 is 0 Å². The SMILES string of the molecule is CCC.CCC.CCC.CN.CO. The Morgan fingerprint density at radius 3 is 0.615 bits per heavy atom. The molecule has 0 fully saturated rings. The average molecular weight is 195 g/mol. The molecule has 13 heavy (non-hydrogen) atoms. The quantitative estimate of drug-likeness (QED) is 0.622. The smallest absolute Gasteiger partial charge is 0.0319 e. The second-order valence-electron chi connectivity index (χ2n) is 2.12. The minimum absolute atomic E-state index is 1.00. The van der Waals surface area contributed by atoms with Gasteiger partial charge in [0.25, 0.3) is 0 Å². The fourth-order valence-corrected chi connectivity index (χ4v) is 0. The molecule has 0 spiro atoms. The van der Waals surface area contributed by atoms with Crippen molar-refractivity contribution in [2.24, 2.45) is 5.73 Å². The molecule has 0 saturated carbocycles. The monoisotopic (exact) mass is 195 g/mol. The highest BCUT2D eigenvalue weighted by atomic mass is 16.2. The van der Waals surface area contributed by atoms with Gasteiger partial charge in [-0.15, -0.1) is 0 Å². The summed E-state index contributed by atoms with van der Waals surface area (Å²) < 4.78 is 0. The Morgan fingerprint density at radius 1 is 0.615 bits per heavy atom. The Bertz CT molecular complexity index is 14.8. The van der Waals surface area contributed by atoms with E-state index in [1.807, 2.05) is 0 Å². The summed E-state index contributed by atoms with van der Waals surface area (Å²) in [6, 6.07) is 0. The van der Waals surface area contributed by atoms with Crippen LogP contribution in [0.15, 0.2) is 0 Å². The van der Waals surface area contributed by atoms with E-state index in [2.05, 4.69) is 47.3 Å². The molecule has 0 atom stereocenters. The van der Waals surface area contributed by atoms with E-state index in [4.69, 9.17) is 5.11 Å². The molecular weight excluding hydrogens is 162 g/mol. The van der Waals surface area contributed by atoms with Crippen LogP contribution in [0.5, 0.6) is 0 Å². The van der Waals surface area contributed by atoms with E-state index in [-0.39, 0.29) is 0 Å². The first-order chi connectivity index (χ1) is 6.24. The normalized spacial score (nSPS) is 5.08. The maximum Gasteiger partial charge on any atom is 0.0319 e. The van der Waals surface area contributed by atoms with Crippen molar-refractivity contribution in [1.29, 1.82) is 0 Å². The van der Waals surface area contributed by atoms with Gasteiger partial charge in [0.1, 0.15) is 0 Å². The van der Waals surface area contributed by atoms with Crippen LogP contribution < -0.4 is 5.73 Å². The van der Waals surface area contributed by atoms with Crippen molar-refractivity contribution in [3.05, 3.63) is 0 Å². The Kier molecular flexibility index (Phi) is 375. The summed E-state index contributed by atoms with van der Waals surface area (Å²) in [6.45, 7) is 12.8. The van der Waals surface area contributed by atoms with Gasteiger partial charge in [0, 0.05) is 7.11 Å². The summed E-state index contributed by atoms with van der Waals surface area (Å²) >= 11 is 0. The fraction of sp³-hybridized carbons (Fsp3) is 1.00. The van der Waals surface area contributed by atoms with Gasteiger partial charge in [-0.2, -0.15) is 0 Å². The maximum atomic E-state index is 7.00. The molecule has 0 radical (unpaired) electrons. The second kappa shape index (κ2) is 167. The molecule has 0 aliphatic heterocycles. The first-order valence-corrected chi connectivity index (χ1v) is 5.27. The van der Waals surface area contributed by atoms with Gasteiger partial charge in [-0.05, 0) is 7.05 Å². The van der Waals surface area contributed by atoms with Crippen molar-refractivity contribution in [1.82, 2.24) is 0 Å². The first-order valence-electron chi connectivity index (χ1n) is 5.27. The number of nitrogens with two attached hydrogens (primary N) is 1. The molecule has 0 aliphatic carbocycles. The van der Waals surface area contributed by atoms with Gasteiger partial charge in [0.2, 0.25) is 0 Å². The predicted octanol–water partition coefficient (Wildman–Crippen LogP) is 3.43. The van der Waals surface area contributed by atoms with E-state index in [9.17, 15) is 0 Å². The van der Waals surface area contributed by atoms with E-state index in [1.165, 1.54) is 26.3 Å². The molecule has 0 aliphatic rings. The largest absolute Gasteiger partial charge is 0.400 e. The zero-order chi connectivity index (χ0) is 12.1. The lowest BCUT2D eigenvalue weighted by molar-refractivity contribution is 0.399. The van der Waals surface area contributed by atoms with E-state index >= 15 is 0 Å². The molecule has 0 saturated heterocycles. The van der Waals surface area contributed by atoms with Gasteiger partial charge in [-0.25, -0.2) is 0 Å². The highest BCUT2D eigenvalue weighted by molar-refractivity contribution is 3.92. The van der Waals surface area contributed by atoms with Gasteiger partial charge in [0.15, 0.2) is 0 Å². The number of hydrogen-bond donors (Lipinski definition) is 2. The third kappa shape index (κ3) is 183000. The van der Waals surface area contributed by atoms with Crippen LogP contribution in [0.2, 0.25) is 0 Å². The van der Waals surface area contributed by atoms with E-state index in [1.54, 1.807) is 0 Å². The summed E-state index contributed by atoms with van der Waals surface area (Å²) in [7, 11) is 2.50. The lowest BCUT2D eigenvalue weighted by atomic mass is 10.6. The predicted molar refractivity (Wildman–Crippen MR) is 66.1 cm³/mol. The molecule has 88 valence electrons.